The van der Waals surface area contributed by atoms with Crippen LogP contribution in [0.3, 0.4) is 0 Å². The lowest BCUT2D eigenvalue weighted by Crippen LogP contribution is -2.34. The van der Waals surface area contributed by atoms with Crippen LogP contribution in [0.25, 0.3) is 10.2 Å². The minimum atomic E-state index is 0.806. The predicted octanol–water partition coefficient (Wildman–Crippen LogP) is 3.53. The van der Waals surface area contributed by atoms with E-state index in [0.29, 0.717) is 0 Å². The molecule has 3 rings (SSSR count). The highest BCUT2D eigenvalue weighted by atomic mass is 32.1. The number of thiazole rings is 1. The number of anilines is 1. The average Bonchev–Trinajstić information content (AvgIpc) is 2.72. The Hall–Kier alpha value is -1.09. The molecule has 84 valence electrons. The summed E-state index contributed by atoms with van der Waals surface area (Å²) in [5.74, 6) is 0.806. The Bertz CT molecular complexity index is 458. The Labute approximate surface area is 99.9 Å². The maximum absolute atomic E-state index is 4.72. The number of piperidine rings is 1. The first-order valence-corrected chi connectivity index (χ1v) is 6.75. The van der Waals surface area contributed by atoms with Crippen molar-refractivity contribution in [2.24, 2.45) is 5.92 Å². The quantitative estimate of drug-likeness (QED) is 0.747. The second-order valence-corrected chi connectivity index (χ2v) is 5.67. The third-order valence-electron chi connectivity index (χ3n) is 3.21. The summed E-state index contributed by atoms with van der Waals surface area (Å²) in [4.78, 5) is 7.16. The van der Waals surface area contributed by atoms with Crippen LogP contribution in [0.4, 0.5) is 5.13 Å². The SMILES string of the molecule is CC1CCCN(c2nc3ccccc3s2)C1. The molecule has 1 aromatic heterocycles. The van der Waals surface area contributed by atoms with Crippen LogP contribution in [0.5, 0.6) is 0 Å². The Balaban J connectivity index is 1.93. The second-order valence-electron chi connectivity index (χ2n) is 4.66. The Morgan fingerprint density at radius 1 is 1.38 bits per heavy atom. The fraction of sp³-hybridized carbons (Fsp3) is 0.462. The average molecular weight is 232 g/mol. The molecule has 0 N–H and O–H groups in total. The first-order valence-electron chi connectivity index (χ1n) is 5.93. The van der Waals surface area contributed by atoms with Gasteiger partial charge in [0.2, 0.25) is 0 Å². The molecule has 1 atom stereocenters. The van der Waals surface area contributed by atoms with E-state index in [0.717, 1.165) is 11.4 Å². The van der Waals surface area contributed by atoms with E-state index in [1.165, 1.54) is 35.8 Å². The number of aromatic nitrogens is 1. The van der Waals surface area contributed by atoms with Crippen LogP contribution in [0.1, 0.15) is 19.8 Å². The standard InChI is InChI=1S/C13H16N2S/c1-10-5-4-8-15(9-10)13-14-11-6-2-3-7-12(11)16-13/h2-3,6-7,10H,4-5,8-9H2,1H3. The molecule has 0 bridgehead atoms. The Kier molecular flexibility index (Phi) is 2.56. The fourth-order valence-electron chi connectivity index (χ4n) is 2.36. The highest BCUT2D eigenvalue weighted by molar-refractivity contribution is 7.22. The minimum absolute atomic E-state index is 0.806. The summed E-state index contributed by atoms with van der Waals surface area (Å²) in [7, 11) is 0. The number of benzene rings is 1. The molecule has 1 unspecified atom stereocenters. The van der Waals surface area contributed by atoms with Crippen molar-refractivity contribution in [3.63, 3.8) is 0 Å². The molecule has 0 radical (unpaired) electrons. The van der Waals surface area contributed by atoms with Crippen molar-refractivity contribution in [1.82, 2.24) is 4.98 Å². The van der Waals surface area contributed by atoms with E-state index < -0.39 is 0 Å². The molecule has 0 saturated carbocycles. The lowest BCUT2D eigenvalue weighted by molar-refractivity contribution is 0.446. The van der Waals surface area contributed by atoms with Gasteiger partial charge in [0.05, 0.1) is 10.2 Å². The van der Waals surface area contributed by atoms with Crippen molar-refractivity contribution in [3.05, 3.63) is 24.3 Å². The van der Waals surface area contributed by atoms with E-state index in [-0.39, 0.29) is 0 Å². The summed E-state index contributed by atoms with van der Waals surface area (Å²) in [6.45, 7) is 4.67. The summed E-state index contributed by atoms with van der Waals surface area (Å²) in [6.07, 6.45) is 2.67. The van der Waals surface area contributed by atoms with E-state index in [1.807, 2.05) is 11.3 Å². The molecule has 2 nitrogen and oxygen atoms in total. The molecule has 0 amide bonds. The lowest BCUT2D eigenvalue weighted by atomic mass is 10.0. The van der Waals surface area contributed by atoms with E-state index in [2.05, 4.69) is 36.1 Å². The fourth-order valence-corrected chi connectivity index (χ4v) is 3.36. The smallest absolute Gasteiger partial charge is 0.186 e. The Morgan fingerprint density at radius 3 is 3.06 bits per heavy atom. The van der Waals surface area contributed by atoms with Crippen molar-refractivity contribution in [3.8, 4) is 0 Å². The highest BCUT2D eigenvalue weighted by Gasteiger charge is 2.19. The summed E-state index contributed by atoms with van der Waals surface area (Å²) in [5, 5.41) is 1.20. The van der Waals surface area contributed by atoms with E-state index in [9.17, 15) is 0 Å². The van der Waals surface area contributed by atoms with Gasteiger partial charge in [-0.05, 0) is 30.9 Å². The maximum Gasteiger partial charge on any atom is 0.186 e. The molecule has 3 heteroatoms. The van der Waals surface area contributed by atoms with Gasteiger partial charge in [-0.2, -0.15) is 0 Å². The predicted molar refractivity (Wildman–Crippen MR) is 70.2 cm³/mol. The molecular weight excluding hydrogens is 216 g/mol. The van der Waals surface area contributed by atoms with Crippen molar-refractivity contribution < 1.29 is 0 Å². The molecule has 1 aromatic carbocycles. The molecule has 1 aliphatic heterocycles. The van der Waals surface area contributed by atoms with Crippen molar-refractivity contribution in [2.75, 3.05) is 18.0 Å². The number of hydrogen-bond acceptors (Lipinski definition) is 3. The first-order chi connectivity index (χ1) is 7.83. The van der Waals surface area contributed by atoms with Gasteiger partial charge in [0.25, 0.3) is 0 Å². The van der Waals surface area contributed by atoms with E-state index in [1.54, 1.807) is 0 Å². The van der Waals surface area contributed by atoms with Crippen LogP contribution < -0.4 is 4.90 Å². The summed E-state index contributed by atoms with van der Waals surface area (Å²) in [5.41, 5.74) is 1.14. The van der Waals surface area contributed by atoms with Crippen molar-refractivity contribution in [1.29, 1.82) is 0 Å². The molecule has 0 aliphatic carbocycles. The Morgan fingerprint density at radius 2 is 2.25 bits per heavy atom. The molecule has 1 saturated heterocycles. The van der Waals surface area contributed by atoms with Gasteiger partial charge in [0, 0.05) is 13.1 Å². The maximum atomic E-state index is 4.72. The van der Waals surface area contributed by atoms with E-state index in [4.69, 9.17) is 4.98 Å². The van der Waals surface area contributed by atoms with Crippen LogP contribution in [0.15, 0.2) is 24.3 Å². The molecule has 16 heavy (non-hydrogen) atoms. The lowest BCUT2D eigenvalue weighted by Gasteiger charge is -2.30. The first kappa shape index (κ1) is 10.1. The monoisotopic (exact) mass is 232 g/mol. The van der Waals surface area contributed by atoms with Crippen LogP contribution in [0, 0.1) is 5.92 Å². The number of nitrogens with zero attached hydrogens (tertiary/aromatic N) is 2. The molecular formula is C13H16N2S. The van der Waals surface area contributed by atoms with E-state index >= 15 is 0 Å². The third kappa shape index (κ3) is 1.80. The van der Waals surface area contributed by atoms with Gasteiger partial charge in [-0.25, -0.2) is 4.98 Å². The molecule has 2 aromatic rings. The van der Waals surface area contributed by atoms with Crippen molar-refractivity contribution in [2.45, 2.75) is 19.8 Å². The summed E-state index contributed by atoms with van der Waals surface area (Å²) >= 11 is 1.82. The van der Waals surface area contributed by atoms with Crippen molar-refractivity contribution >= 4 is 26.7 Å². The second kappa shape index (κ2) is 4.06. The normalized spacial score (nSPS) is 21.6. The van der Waals surface area contributed by atoms with Crippen LogP contribution in [-0.4, -0.2) is 18.1 Å². The zero-order valence-corrected chi connectivity index (χ0v) is 10.3. The van der Waals surface area contributed by atoms with Gasteiger partial charge >= 0.3 is 0 Å². The zero-order chi connectivity index (χ0) is 11.0. The molecule has 2 heterocycles. The number of rotatable bonds is 1. The minimum Gasteiger partial charge on any atom is -0.348 e. The molecule has 1 fully saturated rings. The zero-order valence-electron chi connectivity index (χ0n) is 9.52. The molecule has 1 aliphatic rings. The van der Waals surface area contributed by atoms with Crippen LogP contribution in [0.2, 0.25) is 0 Å². The number of hydrogen-bond donors (Lipinski definition) is 0. The van der Waals surface area contributed by atoms with Gasteiger partial charge < -0.3 is 4.90 Å². The van der Waals surface area contributed by atoms with Gasteiger partial charge in [-0.3, -0.25) is 0 Å². The largest absolute Gasteiger partial charge is 0.348 e. The summed E-state index contributed by atoms with van der Waals surface area (Å²) in [6, 6.07) is 8.40. The van der Waals surface area contributed by atoms with Gasteiger partial charge in [-0.15, -0.1) is 0 Å². The topological polar surface area (TPSA) is 16.1 Å². The summed E-state index contributed by atoms with van der Waals surface area (Å²) < 4.78 is 1.30. The van der Waals surface area contributed by atoms with Crippen LogP contribution in [-0.2, 0) is 0 Å². The van der Waals surface area contributed by atoms with Gasteiger partial charge in [-0.1, -0.05) is 30.4 Å². The third-order valence-corrected chi connectivity index (χ3v) is 4.31. The highest BCUT2D eigenvalue weighted by Crippen LogP contribution is 2.31. The van der Waals surface area contributed by atoms with Crippen LogP contribution >= 0.6 is 11.3 Å². The number of fused-ring (bicyclic) bond motifs is 1. The van der Waals surface area contributed by atoms with Gasteiger partial charge in [0.15, 0.2) is 5.13 Å². The number of para-hydroxylation sites is 1. The van der Waals surface area contributed by atoms with Gasteiger partial charge in [0.1, 0.15) is 0 Å². The molecule has 0 spiro atoms.